The largest absolute Gasteiger partial charge is 0.468 e. The second kappa shape index (κ2) is 3.49. The van der Waals surface area contributed by atoms with Crippen LogP contribution in [0.4, 0.5) is 0 Å². The van der Waals surface area contributed by atoms with E-state index in [1.807, 2.05) is 0 Å². The first kappa shape index (κ1) is 10.8. The van der Waals surface area contributed by atoms with Gasteiger partial charge in [-0.25, -0.2) is 0 Å². The second-order valence-electron chi connectivity index (χ2n) is 3.41. The average Bonchev–Trinajstić information content (AvgIpc) is 2.17. The molecule has 14 heavy (non-hydrogen) atoms. The zero-order valence-corrected chi connectivity index (χ0v) is 8.07. The molecule has 0 saturated heterocycles. The van der Waals surface area contributed by atoms with Gasteiger partial charge in [-0.15, -0.1) is 0 Å². The predicted octanol–water partition coefficient (Wildman–Crippen LogP) is -0.684. The third kappa shape index (κ3) is 1.09. The molecule has 0 radical (unpaired) electrons. The van der Waals surface area contributed by atoms with Gasteiger partial charge in [-0.05, 0) is 5.92 Å². The molecular weight excluding hydrogens is 188 g/mol. The van der Waals surface area contributed by atoms with Crippen LogP contribution in [0.1, 0.15) is 13.3 Å². The predicted molar refractivity (Wildman–Crippen MR) is 45.3 cm³/mol. The Morgan fingerprint density at radius 3 is 2.50 bits per heavy atom. The van der Waals surface area contributed by atoms with Crippen molar-refractivity contribution in [2.45, 2.75) is 13.3 Å². The van der Waals surface area contributed by atoms with E-state index in [1.165, 1.54) is 0 Å². The van der Waals surface area contributed by atoms with E-state index < -0.39 is 29.6 Å². The fourth-order valence-electron chi connectivity index (χ4n) is 1.88. The van der Waals surface area contributed by atoms with Crippen molar-refractivity contribution >= 4 is 17.5 Å². The minimum Gasteiger partial charge on any atom is -0.468 e. The summed E-state index contributed by atoms with van der Waals surface area (Å²) < 4.78 is 4.43. The number of hydrogen-bond donors (Lipinski definition) is 1. The van der Waals surface area contributed by atoms with Gasteiger partial charge in [0.25, 0.3) is 0 Å². The van der Waals surface area contributed by atoms with Crippen LogP contribution in [-0.4, -0.2) is 36.4 Å². The SMILES string of the molecule is COC(=O)C1(C(=O)CO)C(=O)CC1C. The quantitative estimate of drug-likeness (QED) is 0.482. The molecule has 1 aliphatic rings. The standard InChI is InChI=1S/C9H12O5/c1-5-3-6(11)9(5,7(12)4-10)8(13)14-2/h5,10H,3-4H2,1-2H3. The fourth-order valence-corrected chi connectivity index (χ4v) is 1.88. The summed E-state index contributed by atoms with van der Waals surface area (Å²) >= 11 is 0. The van der Waals surface area contributed by atoms with E-state index in [9.17, 15) is 14.4 Å². The Balaban J connectivity index is 3.09. The molecule has 0 heterocycles. The number of aliphatic hydroxyl groups is 1. The van der Waals surface area contributed by atoms with Crippen LogP contribution in [0, 0.1) is 11.3 Å². The smallest absolute Gasteiger partial charge is 0.327 e. The van der Waals surface area contributed by atoms with Gasteiger partial charge < -0.3 is 9.84 Å². The molecule has 5 nitrogen and oxygen atoms in total. The summed E-state index contributed by atoms with van der Waals surface area (Å²) in [6, 6.07) is 0. The summed E-state index contributed by atoms with van der Waals surface area (Å²) in [6.07, 6.45) is 0.181. The number of methoxy groups -OCH3 is 1. The van der Waals surface area contributed by atoms with E-state index in [2.05, 4.69) is 4.74 Å². The average molecular weight is 200 g/mol. The van der Waals surface area contributed by atoms with E-state index in [0.717, 1.165) is 7.11 Å². The van der Waals surface area contributed by atoms with E-state index >= 15 is 0 Å². The van der Waals surface area contributed by atoms with Crippen molar-refractivity contribution in [2.24, 2.45) is 11.3 Å². The van der Waals surface area contributed by atoms with Crippen molar-refractivity contribution < 1.29 is 24.2 Å². The highest BCUT2D eigenvalue weighted by molar-refractivity contribution is 6.26. The molecule has 5 heteroatoms. The van der Waals surface area contributed by atoms with Gasteiger partial charge in [0.05, 0.1) is 7.11 Å². The molecule has 0 aliphatic heterocycles. The lowest BCUT2D eigenvalue weighted by Crippen LogP contribution is -2.60. The van der Waals surface area contributed by atoms with Gasteiger partial charge in [0.1, 0.15) is 6.61 Å². The van der Waals surface area contributed by atoms with Crippen molar-refractivity contribution in [3.8, 4) is 0 Å². The molecule has 1 saturated carbocycles. The molecule has 0 aromatic rings. The van der Waals surface area contributed by atoms with Gasteiger partial charge in [-0.1, -0.05) is 6.92 Å². The summed E-state index contributed by atoms with van der Waals surface area (Å²) in [5.41, 5.74) is -1.73. The van der Waals surface area contributed by atoms with Crippen LogP contribution < -0.4 is 0 Å². The lowest BCUT2D eigenvalue weighted by atomic mass is 9.57. The molecule has 0 aromatic carbocycles. The molecule has 0 amide bonds. The maximum absolute atomic E-state index is 11.4. The van der Waals surface area contributed by atoms with Crippen molar-refractivity contribution in [1.29, 1.82) is 0 Å². The third-order valence-electron chi connectivity index (χ3n) is 2.76. The summed E-state index contributed by atoms with van der Waals surface area (Å²) in [5, 5.41) is 8.71. The Kier molecular flexibility index (Phi) is 2.71. The molecule has 78 valence electrons. The first-order chi connectivity index (χ1) is 6.51. The number of carbonyl (C=O) groups is 3. The van der Waals surface area contributed by atoms with E-state index in [0.29, 0.717) is 0 Å². The highest BCUT2D eigenvalue weighted by Gasteiger charge is 2.63. The maximum atomic E-state index is 11.4. The van der Waals surface area contributed by atoms with E-state index in [1.54, 1.807) is 6.92 Å². The van der Waals surface area contributed by atoms with Gasteiger partial charge in [0.15, 0.2) is 17.0 Å². The number of rotatable bonds is 3. The monoisotopic (exact) mass is 200 g/mol. The molecule has 1 N–H and O–H groups in total. The van der Waals surface area contributed by atoms with Crippen molar-refractivity contribution in [3.63, 3.8) is 0 Å². The number of ether oxygens (including phenoxy) is 1. The summed E-state index contributed by atoms with van der Waals surface area (Å²) in [4.78, 5) is 34.1. The maximum Gasteiger partial charge on any atom is 0.327 e. The zero-order valence-electron chi connectivity index (χ0n) is 8.07. The molecule has 1 aliphatic carbocycles. The topological polar surface area (TPSA) is 80.7 Å². The molecule has 0 spiro atoms. The van der Waals surface area contributed by atoms with Crippen LogP contribution in [0.3, 0.4) is 0 Å². The Bertz CT molecular complexity index is 278. The van der Waals surface area contributed by atoms with Gasteiger partial charge in [0, 0.05) is 6.42 Å². The van der Waals surface area contributed by atoms with Gasteiger partial charge in [0.2, 0.25) is 0 Å². The number of Topliss-reactive ketones (excluding diaryl/α,β-unsaturated/α-hetero) is 2. The zero-order chi connectivity index (χ0) is 10.9. The van der Waals surface area contributed by atoms with Crippen LogP contribution in [0.2, 0.25) is 0 Å². The van der Waals surface area contributed by atoms with E-state index in [-0.39, 0.29) is 12.3 Å². The Morgan fingerprint density at radius 1 is 1.64 bits per heavy atom. The Hall–Kier alpha value is -1.23. The van der Waals surface area contributed by atoms with Crippen molar-refractivity contribution in [2.75, 3.05) is 13.7 Å². The van der Waals surface area contributed by atoms with Gasteiger partial charge >= 0.3 is 5.97 Å². The number of esters is 1. The number of carbonyl (C=O) groups excluding carboxylic acids is 3. The summed E-state index contributed by atoms with van der Waals surface area (Å²) in [5.74, 6) is -2.48. The van der Waals surface area contributed by atoms with Crippen LogP contribution >= 0.6 is 0 Å². The van der Waals surface area contributed by atoms with Crippen LogP contribution in [0.5, 0.6) is 0 Å². The lowest BCUT2D eigenvalue weighted by Gasteiger charge is -2.41. The number of ketones is 2. The van der Waals surface area contributed by atoms with Crippen molar-refractivity contribution in [1.82, 2.24) is 0 Å². The first-order valence-electron chi connectivity index (χ1n) is 4.27. The normalized spacial score (nSPS) is 30.8. The summed E-state index contributed by atoms with van der Waals surface area (Å²) in [6.45, 7) is 0.803. The van der Waals surface area contributed by atoms with Gasteiger partial charge in [-0.3, -0.25) is 14.4 Å². The fraction of sp³-hybridized carbons (Fsp3) is 0.667. The molecule has 0 aromatic heterocycles. The summed E-state index contributed by atoms with van der Waals surface area (Å²) in [7, 11) is 1.12. The molecule has 2 atom stereocenters. The van der Waals surface area contributed by atoms with Crippen LogP contribution in [0.15, 0.2) is 0 Å². The minimum atomic E-state index is -1.73. The van der Waals surface area contributed by atoms with Crippen molar-refractivity contribution in [3.05, 3.63) is 0 Å². The number of aliphatic hydroxyl groups excluding tert-OH is 1. The molecule has 2 unspecified atom stereocenters. The van der Waals surface area contributed by atoms with Crippen LogP contribution in [-0.2, 0) is 19.1 Å². The van der Waals surface area contributed by atoms with E-state index in [4.69, 9.17) is 5.11 Å². The molecule has 1 fully saturated rings. The van der Waals surface area contributed by atoms with Crippen LogP contribution in [0.25, 0.3) is 0 Å². The molecule has 1 rings (SSSR count). The molecular formula is C9H12O5. The first-order valence-corrected chi connectivity index (χ1v) is 4.27. The lowest BCUT2D eigenvalue weighted by molar-refractivity contribution is -0.175. The Morgan fingerprint density at radius 2 is 2.21 bits per heavy atom. The molecule has 0 bridgehead atoms. The highest BCUT2D eigenvalue weighted by Crippen LogP contribution is 2.44. The third-order valence-corrected chi connectivity index (χ3v) is 2.76. The highest BCUT2D eigenvalue weighted by atomic mass is 16.5. The van der Waals surface area contributed by atoms with Gasteiger partial charge in [-0.2, -0.15) is 0 Å². The number of hydrogen-bond acceptors (Lipinski definition) is 5. The Labute approximate surface area is 81.0 Å². The minimum absolute atomic E-state index is 0.181. The second-order valence-corrected chi connectivity index (χ2v) is 3.41.